The lowest BCUT2D eigenvalue weighted by Gasteiger charge is -2.11. The second kappa shape index (κ2) is 8.42. The Hall–Kier alpha value is -1.87. The largest absolute Gasteiger partial charge is 0.477 e. The third-order valence-corrected chi connectivity index (χ3v) is 3.28. The summed E-state index contributed by atoms with van der Waals surface area (Å²) in [6, 6.07) is 10.4. The topological polar surface area (TPSA) is 34.1 Å². The van der Waals surface area contributed by atoms with Crippen LogP contribution in [-0.2, 0) is 6.54 Å². The predicted octanol–water partition coefficient (Wildman–Crippen LogP) is 4.08. The molecule has 0 saturated heterocycles. The van der Waals surface area contributed by atoms with Crippen LogP contribution in [0.1, 0.15) is 31.9 Å². The number of pyridine rings is 1. The number of rotatable bonds is 9. The molecule has 1 aromatic heterocycles. The van der Waals surface area contributed by atoms with Crippen LogP contribution in [0.4, 0.5) is 0 Å². The Kier molecular flexibility index (Phi) is 6.22. The Balaban J connectivity index is 2.16. The molecular formula is C18H24N2O. The molecule has 112 valence electrons. The number of hydrogen-bond donors (Lipinski definition) is 1. The molecule has 2 rings (SSSR count). The van der Waals surface area contributed by atoms with Crippen LogP contribution < -0.4 is 10.1 Å². The monoisotopic (exact) mass is 284 g/mol. The van der Waals surface area contributed by atoms with Gasteiger partial charge in [-0.1, -0.05) is 31.2 Å². The molecule has 1 aromatic carbocycles. The van der Waals surface area contributed by atoms with E-state index in [2.05, 4.69) is 42.0 Å². The maximum absolute atomic E-state index is 5.88. The lowest BCUT2D eigenvalue weighted by Crippen LogP contribution is -2.15. The van der Waals surface area contributed by atoms with Crippen molar-refractivity contribution in [1.29, 1.82) is 0 Å². The van der Waals surface area contributed by atoms with Gasteiger partial charge in [-0.15, -0.1) is 6.58 Å². The highest BCUT2D eigenvalue weighted by Gasteiger charge is 2.06. The molecule has 0 aliphatic carbocycles. The van der Waals surface area contributed by atoms with Gasteiger partial charge in [0.2, 0.25) is 5.88 Å². The van der Waals surface area contributed by atoms with E-state index in [1.807, 2.05) is 18.2 Å². The fourth-order valence-electron chi connectivity index (χ4n) is 2.21. The predicted molar refractivity (Wildman–Crippen MR) is 88.7 cm³/mol. The van der Waals surface area contributed by atoms with Crippen molar-refractivity contribution in [3.8, 4) is 5.88 Å². The fraction of sp³-hybridized carbons (Fsp3) is 0.389. The van der Waals surface area contributed by atoms with Gasteiger partial charge in [0.25, 0.3) is 0 Å². The van der Waals surface area contributed by atoms with E-state index in [-0.39, 0.29) is 0 Å². The number of benzene rings is 1. The van der Waals surface area contributed by atoms with Gasteiger partial charge in [-0.2, -0.15) is 0 Å². The molecule has 3 nitrogen and oxygen atoms in total. The third-order valence-electron chi connectivity index (χ3n) is 3.28. The Morgan fingerprint density at radius 3 is 3.00 bits per heavy atom. The highest BCUT2D eigenvalue weighted by molar-refractivity contribution is 5.87. The maximum Gasteiger partial charge on any atom is 0.221 e. The first-order valence-electron chi connectivity index (χ1n) is 7.68. The van der Waals surface area contributed by atoms with Gasteiger partial charge in [0.05, 0.1) is 12.3 Å². The van der Waals surface area contributed by atoms with Crippen molar-refractivity contribution in [2.45, 2.75) is 32.7 Å². The van der Waals surface area contributed by atoms with E-state index in [1.165, 1.54) is 5.39 Å². The molecule has 0 saturated carbocycles. The Morgan fingerprint density at radius 1 is 1.33 bits per heavy atom. The first kappa shape index (κ1) is 15.5. The van der Waals surface area contributed by atoms with Crippen molar-refractivity contribution in [3.63, 3.8) is 0 Å². The van der Waals surface area contributed by atoms with Crippen molar-refractivity contribution in [2.24, 2.45) is 0 Å². The molecule has 21 heavy (non-hydrogen) atoms. The number of aromatic nitrogens is 1. The van der Waals surface area contributed by atoms with E-state index in [9.17, 15) is 0 Å². The number of hydrogen-bond acceptors (Lipinski definition) is 3. The van der Waals surface area contributed by atoms with E-state index < -0.39 is 0 Å². The van der Waals surface area contributed by atoms with Gasteiger partial charge in [0.1, 0.15) is 0 Å². The van der Waals surface area contributed by atoms with E-state index in [4.69, 9.17) is 4.74 Å². The van der Waals surface area contributed by atoms with Gasteiger partial charge in [0.15, 0.2) is 0 Å². The molecule has 0 unspecified atom stereocenters. The molecule has 0 fully saturated rings. The summed E-state index contributed by atoms with van der Waals surface area (Å²) in [5.74, 6) is 0.741. The highest BCUT2D eigenvalue weighted by atomic mass is 16.5. The lowest BCUT2D eigenvalue weighted by atomic mass is 10.1. The zero-order valence-corrected chi connectivity index (χ0v) is 12.8. The van der Waals surface area contributed by atoms with Crippen LogP contribution in [0.3, 0.4) is 0 Å². The average Bonchev–Trinajstić information content (AvgIpc) is 2.52. The van der Waals surface area contributed by atoms with Crippen molar-refractivity contribution in [3.05, 3.63) is 48.7 Å². The number of ether oxygens (including phenoxy) is 1. The molecule has 0 spiro atoms. The van der Waals surface area contributed by atoms with Crippen LogP contribution in [0.2, 0.25) is 0 Å². The van der Waals surface area contributed by atoms with E-state index in [0.29, 0.717) is 6.61 Å². The Labute approximate surface area is 127 Å². The summed E-state index contributed by atoms with van der Waals surface area (Å²) in [6.45, 7) is 8.35. The smallest absolute Gasteiger partial charge is 0.221 e. The zero-order valence-electron chi connectivity index (χ0n) is 12.8. The summed E-state index contributed by atoms with van der Waals surface area (Å²) in [7, 11) is 0. The molecule has 0 amide bonds. The van der Waals surface area contributed by atoms with Gasteiger partial charge < -0.3 is 10.1 Å². The summed E-state index contributed by atoms with van der Waals surface area (Å²) in [5, 5.41) is 5.65. The van der Waals surface area contributed by atoms with Crippen molar-refractivity contribution < 1.29 is 4.74 Å². The molecule has 0 atom stereocenters. The zero-order chi connectivity index (χ0) is 14.9. The molecule has 0 radical (unpaired) electrons. The molecule has 3 heteroatoms. The van der Waals surface area contributed by atoms with Gasteiger partial charge in [0, 0.05) is 11.9 Å². The number of nitrogens with zero attached hydrogens (tertiary/aromatic N) is 1. The first-order valence-corrected chi connectivity index (χ1v) is 7.68. The second-order valence-corrected chi connectivity index (χ2v) is 5.10. The third kappa shape index (κ3) is 4.57. The van der Waals surface area contributed by atoms with Gasteiger partial charge >= 0.3 is 0 Å². The Morgan fingerprint density at radius 2 is 2.19 bits per heavy atom. The molecule has 0 aliphatic rings. The molecule has 1 heterocycles. The summed E-state index contributed by atoms with van der Waals surface area (Å²) >= 11 is 0. The van der Waals surface area contributed by atoms with Crippen LogP contribution in [-0.4, -0.2) is 18.1 Å². The summed E-state index contributed by atoms with van der Waals surface area (Å²) in [4.78, 5) is 4.66. The van der Waals surface area contributed by atoms with E-state index >= 15 is 0 Å². The molecule has 0 bridgehead atoms. The minimum Gasteiger partial charge on any atom is -0.477 e. The average molecular weight is 284 g/mol. The van der Waals surface area contributed by atoms with Crippen LogP contribution >= 0.6 is 0 Å². The molecule has 1 N–H and O–H groups in total. The molecular weight excluding hydrogens is 260 g/mol. The van der Waals surface area contributed by atoms with Crippen LogP contribution in [0.5, 0.6) is 5.88 Å². The van der Waals surface area contributed by atoms with Gasteiger partial charge in [-0.3, -0.25) is 0 Å². The van der Waals surface area contributed by atoms with Crippen molar-refractivity contribution in [2.75, 3.05) is 13.2 Å². The minimum absolute atomic E-state index is 0.675. The SMILES string of the molecule is C=CCCCOc1nc(CNCCC)cc2ccccc12. The minimum atomic E-state index is 0.675. The normalized spacial score (nSPS) is 10.7. The highest BCUT2D eigenvalue weighted by Crippen LogP contribution is 2.24. The first-order chi connectivity index (χ1) is 10.3. The summed E-state index contributed by atoms with van der Waals surface area (Å²) in [5.41, 5.74) is 1.03. The summed E-state index contributed by atoms with van der Waals surface area (Å²) < 4.78 is 5.88. The number of allylic oxidation sites excluding steroid dienone is 1. The molecule has 2 aromatic rings. The molecule has 0 aliphatic heterocycles. The number of unbranched alkanes of at least 4 members (excludes halogenated alkanes) is 1. The van der Waals surface area contributed by atoms with Crippen molar-refractivity contribution >= 4 is 10.8 Å². The van der Waals surface area contributed by atoms with Gasteiger partial charge in [-0.25, -0.2) is 4.98 Å². The van der Waals surface area contributed by atoms with Crippen LogP contribution in [0.25, 0.3) is 10.8 Å². The number of fused-ring (bicyclic) bond motifs is 1. The Bertz CT molecular complexity index is 580. The van der Waals surface area contributed by atoms with E-state index in [1.54, 1.807) is 0 Å². The van der Waals surface area contributed by atoms with Crippen molar-refractivity contribution in [1.82, 2.24) is 10.3 Å². The van der Waals surface area contributed by atoms with Gasteiger partial charge in [-0.05, 0) is 43.3 Å². The summed E-state index contributed by atoms with van der Waals surface area (Å²) in [6.07, 6.45) is 4.98. The second-order valence-electron chi connectivity index (χ2n) is 5.10. The number of nitrogens with one attached hydrogen (secondary N) is 1. The van der Waals surface area contributed by atoms with Crippen LogP contribution in [0.15, 0.2) is 43.0 Å². The lowest BCUT2D eigenvalue weighted by molar-refractivity contribution is 0.303. The van der Waals surface area contributed by atoms with E-state index in [0.717, 1.165) is 49.3 Å². The van der Waals surface area contributed by atoms with Crippen LogP contribution in [0, 0.1) is 0 Å². The standard InChI is InChI=1S/C18H24N2O/c1-3-5-8-12-21-18-17-10-7-6-9-15(17)13-16(20-18)14-19-11-4-2/h3,6-7,9-10,13,19H,1,4-5,8,11-12,14H2,2H3. The fourth-order valence-corrected chi connectivity index (χ4v) is 2.21. The maximum atomic E-state index is 5.88. The quantitative estimate of drug-likeness (QED) is 0.556.